The lowest BCUT2D eigenvalue weighted by molar-refractivity contribution is 0.265. The summed E-state index contributed by atoms with van der Waals surface area (Å²) in [4.78, 5) is 0. The normalized spacial score (nSPS) is 10.5. The number of benzene rings is 3. The van der Waals surface area contributed by atoms with Crippen molar-refractivity contribution in [3.8, 4) is 28.7 Å². The third-order valence-electron chi connectivity index (χ3n) is 4.65. The van der Waals surface area contributed by atoms with Gasteiger partial charge in [-0.2, -0.15) is 0 Å². The molecule has 0 saturated carbocycles. The Morgan fingerprint density at radius 3 is 2.03 bits per heavy atom. The van der Waals surface area contributed by atoms with Crippen molar-refractivity contribution in [1.29, 1.82) is 0 Å². The summed E-state index contributed by atoms with van der Waals surface area (Å²) >= 11 is 0. The van der Waals surface area contributed by atoms with Gasteiger partial charge >= 0.3 is 0 Å². The van der Waals surface area contributed by atoms with Gasteiger partial charge in [0, 0.05) is 0 Å². The smallest absolute Gasteiger partial charge is 0.127 e. The Balaban J connectivity index is 1.49. The van der Waals surface area contributed by atoms with E-state index in [4.69, 9.17) is 18.9 Å². The summed E-state index contributed by atoms with van der Waals surface area (Å²) in [5.41, 5.74) is 1.17. The highest BCUT2D eigenvalue weighted by atomic mass is 16.5. The first kappa shape index (κ1) is 21.6. The van der Waals surface area contributed by atoms with E-state index in [1.807, 2.05) is 66.7 Å². The summed E-state index contributed by atoms with van der Waals surface area (Å²) < 4.78 is 23.0. The molecule has 0 aromatic heterocycles. The average molecular weight is 407 g/mol. The number of methoxy groups -OCH3 is 1. The van der Waals surface area contributed by atoms with Crippen LogP contribution in [-0.4, -0.2) is 20.3 Å². The topological polar surface area (TPSA) is 36.9 Å². The van der Waals surface area contributed by atoms with E-state index in [1.54, 1.807) is 7.11 Å². The molecule has 4 heteroatoms. The van der Waals surface area contributed by atoms with E-state index in [0.29, 0.717) is 13.2 Å². The van der Waals surface area contributed by atoms with Gasteiger partial charge in [-0.3, -0.25) is 0 Å². The van der Waals surface area contributed by atoms with Crippen molar-refractivity contribution >= 4 is 0 Å². The van der Waals surface area contributed by atoms with E-state index < -0.39 is 0 Å². The van der Waals surface area contributed by atoms with E-state index in [1.165, 1.54) is 5.56 Å². The monoisotopic (exact) mass is 406 g/mol. The number of unbranched alkanes of at least 4 members (excludes halogenated alkanes) is 1. The summed E-state index contributed by atoms with van der Waals surface area (Å²) in [6, 6.07) is 23.5. The third-order valence-corrected chi connectivity index (χ3v) is 4.65. The summed E-state index contributed by atoms with van der Waals surface area (Å²) in [7, 11) is 1.65. The first-order valence-electron chi connectivity index (χ1n) is 10.5. The predicted molar refractivity (Wildman–Crippen MR) is 120 cm³/mol. The number of hydrogen-bond donors (Lipinski definition) is 0. The van der Waals surface area contributed by atoms with Crippen LogP contribution >= 0.6 is 0 Å². The number of rotatable bonds is 12. The first-order chi connectivity index (χ1) is 14.8. The quantitative estimate of drug-likeness (QED) is 0.314. The molecule has 4 nitrogen and oxygen atoms in total. The van der Waals surface area contributed by atoms with Gasteiger partial charge in [-0.05, 0) is 79.4 Å². The van der Waals surface area contributed by atoms with Crippen LogP contribution in [0.4, 0.5) is 0 Å². The predicted octanol–water partition coefficient (Wildman–Crippen LogP) is 6.68. The Bertz CT molecular complexity index is 875. The number of aryl methyl sites for hydroxylation is 1. The van der Waals surface area contributed by atoms with E-state index in [0.717, 1.165) is 54.4 Å². The van der Waals surface area contributed by atoms with Crippen molar-refractivity contribution in [3.05, 3.63) is 78.4 Å². The van der Waals surface area contributed by atoms with Gasteiger partial charge in [-0.25, -0.2) is 0 Å². The minimum Gasteiger partial charge on any atom is -0.497 e. The fraction of sp³-hybridized carbons (Fsp3) is 0.308. The third kappa shape index (κ3) is 6.73. The molecule has 0 heterocycles. The largest absolute Gasteiger partial charge is 0.497 e. The van der Waals surface area contributed by atoms with Gasteiger partial charge in [0.2, 0.25) is 0 Å². The van der Waals surface area contributed by atoms with Crippen LogP contribution < -0.4 is 18.9 Å². The fourth-order valence-corrected chi connectivity index (χ4v) is 3.10. The van der Waals surface area contributed by atoms with Gasteiger partial charge < -0.3 is 18.9 Å². The molecule has 0 N–H and O–H groups in total. The highest BCUT2D eigenvalue weighted by molar-refractivity contribution is 5.43. The van der Waals surface area contributed by atoms with Crippen molar-refractivity contribution in [3.63, 3.8) is 0 Å². The van der Waals surface area contributed by atoms with E-state index >= 15 is 0 Å². The number of hydrogen-bond acceptors (Lipinski definition) is 4. The zero-order valence-corrected chi connectivity index (χ0v) is 17.8. The van der Waals surface area contributed by atoms with Gasteiger partial charge in [0.05, 0.1) is 20.3 Å². The molecule has 0 aliphatic carbocycles. The molecular formula is C26H30O4. The zero-order valence-electron chi connectivity index (χ0n) is 17.8. The van der Waals surface area contributed by atoms with E-state index in [2.05, 4.69) is 13.0 Å². The lowest BCUT2D eigenvalue weighted by atomic mass is 10.1. The minimum atomic E-state index is 0.674. The summed E-state index contributed by atoms with van der Waals surface area (Å²) in [5, 5.41) is 0. The second-order valence-electron chi connectivity index (χ2n) is 7.01. The molecule has 0 aliphatic rings. The van der Waals surface area contributed by atoms with E-state index in [9.17, 15) is 0 Å². The number of ether oxygens (including phenoxy) is 4. The van der Waals surface area contributed by atoms with Crippen LogP contribution in [0.15, 0.2) is 72.8 Å². The molecule has 0 amide bonds. The average Bonchev–Trinajstić information content (AvgIpc) is 2.79. The number of para-hydroxylation sites is 1. The molecule has 30 heavy (non-hydrogen) atoms. The van der Waals surface area contributed by atoms with Gasteiger partial charge in [0.1, 0.15) is 28.7 Å². The van der Waals surface area contributed by atoms with Crippen LogP contribution in [0.3, 0.4) is 0 Å². The molecule has 3 aromatic carbocycles. The highest BCUT2D eigenvalue weighted by Gasteiger charge is 2.07. The van der Waals surface area contributed by atoms with Crippen LogP contribution in [0.2, 0.25) is 0 Å². The van der Waals surface area contributed by atoms with Crippen molar-refractivity contribution in [2.45, 2.75) is 32.6 Å². The Kier molecular flexibility index (Phi) is 8.46. The molecule has 0 unspecified atom stereocenters. The molecule has 0 radical (unpaired) electrons. The van der Waals surface area contributed by atoms with Crippen molar-refractivity contribution in [1.82, 2.24) is 0 Å². The Hall–Kier alpha value is -3.14. The van der Waals surface area contributed by atoms with Crippen LogP contribution in [0.25, 0.3) is 0 Å². The summed E-state index contributed by atoms with van der Waals surface area (Å²) in [6.07, 6.45) is 3.90. The van der Waals surface area contributed by atoms with Gasteiger partial charge in [0.25, 0.3) is 0 Å². The van der Waals surface area contributed by atoms with Gasteiger partial charge in [-0.1, -0.05) is 31.5 Å². The summed E-state index contributed by atoms with van der Waals surface area (Å²) in [6.45, 7) is 3.54. The molecule has 0 fully saturated rings. The maximum Gasteiger partial charge on any atom is 0.127 e. The lowest BCUT2D eigenvalue weighted by Crippen LogP contribution is -2.04. The maximum atomic E-state index is 6.05. The lowest BCUT2D eigenvalue weighted by Gasteiger charge is -2.14. The van der Waals surface area contributed by atoms with Crippen LogP contribution in [0, 0.1) is 0 Å². The molecular weight excluding hydrogens is 376 g/mol. The minimum absolute atomic E-state index is 0.674. The molecule has 3 aromatic rings. The van der Waals surface area contributed by atoms with Crippen LogP contribution in [0.1, 0.15) is 31.7 Å². The van der Waals surface area contributed by atoms with Gasteiger partial charge in [0.15, 0.2) is 0 Å². The molecule has 0 bridgehead atoms. The molecule has 0 aliphatic heterocycles. The second kappa shape index (κ2) is 11.8. The first-order valence-corrected chi connectivity index (χ1v) is 10.5. The Morgan fingerprint density at radius 1 is 0.667 bits per heavy atom. The Labute approximate surface area is 179 Å². The van der Waals surface area contributed by atoms with Crippen LogP contribution in [0.5, 0.6) is 28.7 Å². The molecule has 3 rings (SSSR count). The Morgan fingerprint density at radius 2 is 1.33 bits per heavy atom. The summed E-state index contributed by atoms with van der Waals surface area (Å²) in [5.74, 6) is 4.25. The standard InChI is InChI=1S/C26H30O4/c1-3-9-21-20-25(30-24-14-12-22(27-2)13-15-24)16-17-26(21)29-19-8-7-18-28-23-10-5-4-6-11-23/h4-6,10-17,20H,3,7-9,18-19H2,1-2H3. The van der Waals surface area contributed by atoms with Crippen molar-refractivity contribution < 1.29 is 18.9 Å². The van der Waals surface area contributed by atoms with Crippen LogP contribution in [-0.2, 0) is 6.42 Å². The van der Waals surface area contributed by atoms with E-state index in [-0.39, 0.29) is 0 Å². The molecule has 0 saturated heterocycles. The maximum absolute atomic E-state index is 6.05. The molecule has 0 atom stereocenters. The highest BCUT2D eigenvalue weighted by Crippen LogP contribution is 2.29. The molecule has 0 spiro atoms. The SMILES string of the molecule is CCCc1cc(Oc2ccc(OC)cc2)ccc1OCCCCOc1ccccc1. The zero-order chi connectivity index (χ0) is 21.0. The van der Waals surface area contributed by atoms with Crippen molar-refractivity contribution in [2.75, 3.05) is 20.3 Å². The van der Waals surface area contributed by atoms with Gasteiger partial charge in [-0.15, -0.1) is 0 Å². The fourth-order valence-electron chi connectivity index (χ4n) is 3.10. The second-order valence-corrected chi connectivity index (χ2v) is 7.01. The van der Waals surface area contributed by atoms with Crippen molar-refractivity contribution in [2.24, 2.45) is 0 Å². The molecule has 158 valence electrons.